The average Bonchev–Trinajstić information content (AvgIpc) is 2.69. The Hall–Kier alpha value is -3.30. The summed E-state index contributed by atoms with van der Waals surface area (Å²) in [7, 11) is 1.85. The minimum atomic E-state index is -0.325. The van der Waals surface area contributed by atoms with E-state index in [4.69, 9.17) is 0 Å². The molecule has 0 aliphatic carbocycles. The Bertz CT molecular complexity index is 1180. The maximum atomic E-state index is 14.1. The Kier molecular flexibility index (Phi) is 6.21. The molecule has 0 heterocycles. The average molecular weight is 381 g/mol. The van der Waals surface area contributed by atoms with Crippen molar-refractivity contribution in [3.63, 3.8) is 0 Å². The molecule has 0 N–H and O–H groups in total. The maximum Gasteiger partial charge on any atom is 0.148 e. The number of aryl methyl sites for hydroxylation is 3. The molecule has 0 bridgehead atoms. The number of rotatable bonds is 1. The van der Waals surface area contributed by atoms with E-state index in [1.54, 1.807) is 19.1 Å². The number of halogens is 2. The van der Waals surface area contributed by atoms with Crippen molar-refractivity contribution in [2.24, 2.45) is 0 Å². The third kappa shape index (κ3) is 4.95. The molecule has 29 heavy (non-hydrogen) atoms. The number of benzene rings is 3. The van der Waals surface area contributed by atoms with Gasteiger partial charge in [-0.3, -0.25) is 0 Å². The van der Waals surface area contributed by atoms with Gasteiger partial charge in [0.15, 0.2) is 0 Å². The van der Waals surface area contributed by atoms with Gasteiger partial charge in [0, 0.05) is 16.7 Å². The first-order chi connectivity index (χ1) is 13.9. The normalized spacial score (nSPS) is 9.86. The Labute approximate surface area is 172 Å². The van der Waals surface area contributed by atoms with Crippen molar-refractivity contribution in [1.29, 1.82) is 0 Å². The maximum absolute atomic E-state index is 14.1. The van der Waals surface area contributed by atoms with Gasteiger partial charge in [0.05, 0.1) is 5.56 Å². The van der Waals surface area contributed by atoms with E-state index in [2.05, 4.69) is 23.7 Å². The van der Waals surface area contributed by atoms with Crippen molar-refractivity contribution in [1.82, 2.24) is 0 Å². The zero-order chi connectivity index (χ0) is 21.0. The molecule has 141 valence electrons. The van der Waals surface area contributed by atoms with E-state index in [9.17, 15) is 8.78 Å². The molecule has 3 aromatic rings. The van der Waals surface area contributed by atoms with Gasteiger partial charge in [-0.1, -0.05) is 48.1 Å². The van der Waals surface area contributed by atoms with Crippen LogP contribution in [0.5, 0.6) is 0 Å². The molecule has 0 aliphatic rings. The van der Waals surface area contributed by atoms with Crippen LogP contribution in [-0.4, -0.2) is 7.28 Å². The third-order valence-corrected chi connectivity index (χ3v) is 4.70. The first-order valence-electron chi connectivity index (χ1n) is 9.37. The monoisotopic (exact) mass is 381 g/mol. The van der Waals surface area contributed by atoms with Crippen LogP contribution in [0.15, 0.2) is 48.5 Å². The van der Waals surface area contributed by atoms with E-state index in [1.165, 1.54) is 12.1 Å². The molecule has 0 saturated carbocycles. The Morgan fingerprint density at radius 3 is 1.97 bits per heavy atom. The van der Waals surface area contributed by atoms with Crippen LogP contribution in [0.2, 0.25) is 6.82 Å². The molecule has 0 fully saturated rings. The molecule has 0 amide bonds. The molecule has 0 unspecified atom stereocenters. The summed E-state index contributed by atoms with van der Waals surface area (Å²) in [6.07, 6.45) is 0. The van der Waals surface area contributed by atoms with Crippen LogP contribution in [-0.2, 0) is 0 Å². The zero-order valence-corrected chi connectivity index (χ0v) is 17.0. The molecular weight excluding hydrogens is 361 g/mol. The van der Waals surface area contributed by atoms with E-state index >= 15 is 0 Å². The topological polar surface area (TPSA) is 0 Å². The third-order valence-electron chi connectivity index (χ3n) is 4.70. The van der Waals surface area contributed by atoms with Gasteiger partial charge in [0.25, 0.3) is 0 Å². The molecule has 3 heteroatoms. The first-order valence-corrected chi connectivity index (χ1v) is 9.37. The Morgan fingerprint density at radius 1 is 0.655 bits per heavy atom. The lowest BCUT2D eigenvalue weighted by Crippen LogP contribution is -2.10. The summed E-state index contributed by atoms with van der Waals surface area (Å²) in [5.41, 5.74) is 6.09. The van der Waals surface area contributed by atoms with E-state index < -0.39 is 0 Å². The highest BCUT2D eigenvalue weighted by atomic mass is 19.1. The zero-order valence-electron chi connectivity index (χ0n) is 17.0. The van der Waals surface area contributed by atoms with Gasteiger partial charge >= 0.3 is 0 Å². The van der Waals surface area contributed by atoms with Gasteiger partial charge in [-0.2, -0.15) is 0 Å². The van der Waals surface area contributed by atoms with Gasteiger partial charge in [-0.15, -0.1) is 0 Å². The highest BCUT2D eigenvalue weighted by molar-refractivity contribution is 6.51. The first kappa shape index (κ1) is 20.4. The summed E-state index contributed by atoms with van der Waals surface area (Å²) < 4.78 is 27.8. The number of hydrogen-bond acceptors (Lipinski definition) is 0. The second-order valence-electron chi connectivity index (χ2n) is 6.98. The van der Waals surface area contributed by atoms with Gasteiger partial charge in [-0.05, 0) is 73.9 Å². The van der Waals surface area contributed by atoms with Crippen LogP contribution in [0.1, 0.15) is 38.9 Å². The smallest absolute Gasteiger partial charge is 0.148 e. The van der Waals surface area contributed by atoms with E-state index in [1.807, 2.05) is 52.2 Å². The van der Waals surface area contributed by atoms with Crippen LogP contribution in [0, 0.1) is 56.1 Å². The quantitative estimate of drug-likeness (QED) is 0.408. The fraction of sp³-hybridized carbons (Fsp3) is 0.154. The Morgan fingerprint density at radius 2 is 1.34 bits per heavy atom. The molecule has 0 saturated heterocycles. The lowest BCUT2D eigenvalue weighted by atomic mass is 9.73. The van der Waals surface area contributed by atoms with Crippen LogP contribution in [0.3, 0.4) is 0 Å². The van der Waals surface area contributed by atoms with Crippen LogP contribution >= 0.6 is 0 Å². The summed E-state index contributed by atoms with van der Waals surface area (Å²) in [6.45, 7) is 7.52. The molecular formula is C26H20BF2. The van der Waals surface area contributed by atoms with Crippen molar-refractivity contribution in [3.05, 3.63) is 99.1 Å². The fourth-order valence-corrected chi connectivity index (χ4v) is 2.99. The molecule has 0 spiro atoms. The van der Waals surface area contributed by atoms with Crippen LogP contribution < -0.4 is 5.46 Å². The van der Waals surface area contributed by atoms with Gasteiger partial charge in [0.1, 0.15) is 18.9 Å². The van der Waals surface area contributed by atoms with E-state index in [0.29, 0.717) is 16.7 Å². The molecule has 0 nitrogen and oxygen atoms in total. The standard InChI is InChI=1S/C26H20BF2/c1-17-5-6-20(15-25(17)28)8-12-24-18(2)13-21(14-19(24)3)7-9-22-10-11-23(27-4)16-26(22)29/h5-6,10-11,13-16H,1-4H3. The van der Waals surface area contributed by atoms with Gasteiger partial charge < -0.3 is 0 Å². The molecule has 0 aliphatic heterocycles. The van der Waals surface area contributed by atoms with Gasteiger partial charge in [-0.25, -0.2) is 8.78 Å². The molecule has 3 rings (SSSR count). The second kappa shape index (κ2) is 8.81. The van der Waals surface area contributed by atoms with Crippen molar-refractivity contribution < 1.29 is 8.78 Å². The minimum Gasteiger partial charge on any atom is -0.207 e. The molecule has 0 atom stereocenters. The van der Waals surface area contributed by atoms with Crippen LogP contribution in [0.25, 0.3) is 0 Å². The van der Waals surface area contributed by atoms with Crippen molar-refractivity contribution in [2.75, 3.05) is 0 Å². The lowest BCUT2D eigenvalue weighted by Gasteiger charge is -2.05. The highest BCUT2D eigenvalue weighted by Crippen LogP contribution is 2.16. The molecule has 0 aromatic heterocycles. The van der Waals surface area contributed by atoms with Crippen molar-refractivity contribution in [2.45, 2.75) is 27.6 Å². The minimum absolute atomic E-state index is 0.257. The van der Waals surface area contributed by atoms with Crippen molar-refractivity contribution >= 4 is 12.7 Å². The van der Waals surface area contributed by atoms with Gasteiger partial charge in [0.2, 0.25) is 0 Å². The van der Waals surface area contributed by atoms with Crippen LogP contribution in [0.4, 0.5) is 8.78 Å². The van der Waals surface area contributed by atoms with Crippen molar-refractivity contribution in [3.8, 4) is 23.7 Å². The van der Waals surface area contributed by atoms with E-state index in [0.717, 1.165) is 27.7 Å². The Balaban J connectivity index is 1.89. The lowest BCUT2D eigenvalue weighted by molar-refractivity contribution is 0.618. The molecule has 1 radical (unpaired) electrons. The number of hydrogen-bond donors (Lipinski definition) is 0. The largest absolute Gasteiger partial charge is 0.207 e. The summed E-state index contributed by atoms with van der Waals surface area (Å²) in [4.78, 5) is 0. The van der Waals surface area contributed by atoms with E-state index in [-0.39, 0.29) is 11.6 Å². The summed E-state index contributed by atoms with van der Waals surface area (Å²) >= 11 is 0. The summed E-state index contributed by atoms with van der Waals surface area (Å²) in [5.74, 6) is 11.5. The summed E-state index contributed by atoms with van der Waals surface area (Å²) in [6, 6.07) is 13.9. The predicted molar refractivity (Wildman–Crippen MR) is 117 cm³/mol. The fourth-order valence-electron chi connectivity index (χ4n) is 2.99. The highest BCUT2D eigenvalue weighted by Gasteiger charge is 2.04. The molecule has 3 aromatic carbocycles. The SMILES string of the molecule is C[B]c1ccc(C#Cc2cc(C)c(C#Cc3ccc(C)c(F)c3)c(C)c2)c(F)c1. The predicted octanol–water partition coefficient (Wildman–Crippen LogP) is 5.07. The second-order valence-corrected chi connectivity index (χ2v) is 6.98. The summed E-state index contributed by atoms with van der Waals surface area (Å²) in [5, 5.41) is 0.